The molecule has 0 spiro atoms. The van der Waals surface area contributed by atoms with Crippen LogP contribution in [0.25, 0.3) is 0 Å². The second-order valence-corrected chi connectivity index (χ2v) is 4.63. The molecule has 7 nitrogen and oxygen atoms in total. The maximum absolute atomic E-state index is 11.7. The van der Waals surface area contributed by atoms with Crippen molar-refractivity contribution in [3.05, 3.63) is 48.0 Å². The van der Waals surface area contributed by atoms with Gasteiger partial charge in [-0.25, -0.2) is 5.43 Å². The highest BCUT2D eigenvalue weighted by Crippen LogP contribution is 2.28. The molecule has 126 valence electrons. The number of para-hydroxylation sites is 3. The number of benzene rings is 2. The van der Waals surface area contributed by atoms with Crippen molar-refractivity contribution in [2.75, 3.05) is 20.8 Å². The van der Waals surface area contributed by atoms with E-state index in [1.165, 1.54) is 20.4 Å². The zero-order chi connectivity index (χ0) is 17.4. The number of phenols is 1. The Morgan fingerprint density at radius 3 is 2.46 bits per heavy atom. The van der Waals surface area contributed by atoms with E-state index in [1.54, 1.807) is 42.5 Å². The van der Waals surface area contributed by atoms with E-state index < -0.39 is 5.91 Å². The molecule has 1 amide bonds. The van der Waals surface area contributed by atoms with Crippen molar-refractivity contribution in [2.24, 2.45) is 5.10 Å². The molecular formula is C17H18N2O5. The van der Waals surface area contributed by atoms with E-state index in [-0.39, 0.29) is 12.4 Å². The van der Waals surface area contributed by atoms with Crippen LogP contribution in [-0.2, 0) is 4.79 Å². The average molecular weight is 330 g/mol. The summed E-state index contributed by atoms with van der Waals surface area (Å²) in [5.74, 6) is 0.826. The standard InChI is InChI=1S/C17H18N2O5/c1-22-13-7-3-4-8-14(13)24-11-16(20)19-18-10-12-6-5-9-15(23-2)17(12)21/h3-10,21H,11H2,1-2H3,(H,19,20)/b18-10-. The first-order chi connectivity index (χ1) is 11.7. The molecule has 24 heavy (non-hydrogen) atoms. The highest BCUT2D eigenvalue weighted by molar-refractivity contribution is 5.86. The minimum Gasteiger partial charge on any atom is -0.504 e. The Balaban J connectivity index is 1.89. The Morgan fingerprint density at radius 1 is 1.08 bits per heavy atom. The van der Waals surface area contributed by atoms with Crippen molar-refractivity contribution in [3.63, 3.8) is 0 Å². The SMILES string of the molecule is COc1ccccc1OCC(=O)N/N=C\c1cccc(OC)c1O. The molecule has 7 heteroatoms. The zero-order valence-electron chi connectivity index (χ0n) is 13.4. The molecular weight excluding hydrogens is 312 g/mol. The van der Waals surface area contributed by atoms with E-state index in [2.05, 4.69) is 10.5 Å². The molecule has 2 N–H and O–H groups in total. The first-order valence-electron chi connectivity index (χ1n) is 7.09. The third kappa shape index (κ3) is 4.39. The fourth-order valence-corrected chi connectivity index (χ4v) is 1.90. The van der Waals surface area contributed by atoms with Crippen molar-refractivity contribution in [1.82, 2.24) is 5.43 Å². The van der Waals surface area contributed by atoms with Gasteiger partial charge in [0.1, 0.15) is 0 Å². The van der Waals surface area contributed by atoms with Crippen LogP contribution in [0.4, 0.5) is 0 Å². The summed E-state index contributed by atoms with van der Waals surface area (Å²) < 4.78 is 15.5. The minimum atomic E-state index is -0.445. The number of ether oxygens (including phenoxy) is 3. The van der Waals surface area contributed by atoms with E-state index in [9.17, 15) is 9.90 Å². The van der Waals surface area contributed by atoms with Gasteiger partial charge in [-0.1, -0.05) is 18.2 Å². The zero-order valence-corrected chi connectivity index (χ0v) is 13.4. The Morgan fingerprint density at radius 2 is 1.75 bits per heavy atom. The number of rotatable bonds is 7. The van der Waals surface area contributed by atoms with Crippen LogP contribution in [-0.4, -0.2) is 38.1 Å². The number of methoxy groups -OCH3 is 2. The molecule has 0 aliphatic carbocycles. The number of amides is 1. The number of hydrogen-bond acceptors (Lipinski definition) is 6. The topological polar surface area (TPSA) is 89.4 Å². The molecule has 0 atom stereocenters. The molecule has 0 saturated heterocycles. The van der Waals surface area contributed by atoms with Gasteiger partial charge in [-0.3, -0.25) is 4.79 Å². The summed E-state index contributed by atoms with van der Waals surface area (Å²) in [5, 5.41) is 13.7. The van der Waals surface area contributed by atoms with Gasteiger partial charge in [0.2, 0.25) is 0 Å². The quantitative estimate of drug-likeness (QED) is 0.598. The largest absolute Gasteiger partial charge is 0.504 e. The minimum absolute atomic E-state index is 0.0525. The summed E-state index contributed by atoms with van der Waals surface area (Å²) in [4.78, 5) is 11.7. The molecule has 0 fully saturated rings. The van der Waals surface area contributed by atoms with Crippen molar-refractivity contribution in [1.29, 1.82) is 0 Å². The van der Waals surface area contributed by atoms with Gasteiger partial charge < -0.3 is 19.3 Å². The predicted molar refractivity (Wildman–Crippen MR) is 88.9 cm³/mol. The Bertz CT molecular complexity index is 731. The number of nitrogens with one attached hydrogen (secondary N) is 1. The average Bonchev–Trinajstić information content (AvgIpc) is 2.61. The highest BCUT2D eigenvalue weighted by atomic mass is 16.5. The lowest BCUT2D eigenvalue weighted by Crippen LogP contribution is -2.24. The van der Waals surface area contributed by atoms with Gasteiger partial charge in [0.05, 0.1) is 20.4 Å². The van der Waals surface area contributed by atoms with E-state index in [0.717, 1.165) is 0 Å². The van der Waals surface area contributed by atoms with Gasteiger partial charge in [-0.2, -0.15) is 5.10 Å². The molecule has 0 heterocycles. The van der Waals surface area contributed by atoms with Gasteiger partial charge in [0, 0.05) is 5.56 Å². The third-order valence-electron chi connectivity index (χ3n) is 3.07. The summed E-state index contributed by atoms with van der Waals surface area (Å²) in [5.41, 5.74) is 2.73. The van der Waals surface area contributed by atoms with Gasteiger partial charge in [-0.15, -0.1) is 0 Å². The molecule has 2 aromatic rings. The normalized spacial score (nSPS) is 10.4. The van der Waals surface area contributed by atoms with Crippen molar-refractivity contribution in [2.45, 2.75) is 0 Å². The summed E-state index contributed by atoms with van der Waals surface area (Å²) in [7, 11) is 2.97. The molecule has 2 rings (SSSR count). The lowest BCUT2D eigenvalue weighted by molar-refractivity contribution is -0.123. The van der Waals surface area contributed by atoms with Crippen LogP contribution in [0.2, 0.25) is 0 Å². The molecule has 0 aliphatic heterocycles. The van der Waals surface area contributed by atoms with E-state index in [4.69, 9.17) is 14.2 Å². The molecule has 2 aromatic carbocycles. The van der Waals surface area contributed by atoms with Crippen LogP contribution >= 0.6 is 0 Å². The monoisotopic (exact) mass is 330 g/mol. The summed E-state index contributed by atoms with van der Waals surface area (Å²) in [6.45, 7) is -0.220. The number of carbonyl (C=O) groups excluding carboxylic acids is 1. The summed E-state index contributed by atoms with van der Waals surface area (Å²) in [6.07, 6.45) is 1.32. The molecule has 0 unspecified atom stereocenters. The van der Waals surface area contributed by atoms with Crippen LogP contribution in [0.1, 0.15) is 5.56 Å². The smallest absolute Gasteiger partial charge is 0.277 e. The van der Waals surface area contributed by atoms with Crippen molar-refractivity contribution in [3.8, 4) is 23.0 Å². The first kappa shape index (κ1) is 17.1. The van der Waals surface area contributed by atoms with Crippen LogP contribution < -0.4 is 19.6 Å². The van der Waals surface area contributed by atoms with Gasteiger partial charge in [0.25, 0.3) is 5.91 Å². The van der Waals surface area contributed by atoms with E-state index in [0.29, 0.717) is 22.8 Å². The summed E-state index contributed by atoms with van der Waals surface area (Å²) >= 11 is 0. The molecule has 0 bridgehead atoms. The highest BCUT2D eigenvalue weighted by Gasteiger charge is 2.07. The molecule has 0 saturated carbocycles. The lowest BCUT2D eigenvalue weighted by Gasteiger charge is -2.09. The second kappa shape index (κ2) is 8.42. The fraction of sp³-hybridized carbons (Fsp3) is 0.176. The van der Waals surface area contributed by atoms with Gasteiger partial charge in [0.15, 0.2) is 29.6 Å². The van der Waals surface area contributed by atoms with Crippen molar-refractivity contribution >= 4 is 12.1 Å². The predicted octanol–water partition coefficient (Wildman–Crippen LogP) is 1.94. The molecule has 0 radical (unpaired) electrons. The van der Waals surface area contributed by atoms with E-state index in [1.807, 2.05) is 0 Å². The maximum Gasteiger partial charge on any atom is 0.277 e. The Labute approximate surface area is 139 Å². The first-order valence-corrected chi connectivity index (χ1v) is 7.09. The fourth-order valence-electron chi connectivity index (χ4n) is 1.90. The summed E-state index contributed by atoms with van der Waals surface area (Å²) in [6, 6.07) is 12.0. The van der Waals surface area contributed by atoms with Gasteiger partial charge in [-0.05, 0) is 24.3 Å². The second-order valence-electron chi connectivity index (χ2n) is 4.63. The number of hydrazone groups is 1. The number of carbonyl (C=O) groups is 1. The Kier molecular flexibility index (Phi) is 6.01. The van der Waals surface area contributed by atoms with Crippen LogP contribution in [0.5, 0.6) is 23.0 Å². The van der Waals surface area contributed by atoms with Crippen molar-refractivity contribution < 1.29 is 24.1 Å². The lowest BCUT2D eigenvalue weighted by atomic mass is 10.2. The van der Waals surface area contributed by atoms with Crippen LogP contribution in [0, 0.1) is 0 Å². The number of hydrogen-bond donors (Lipinski definition) is 2. The molecule has 0 aliphatic rings. The van der Waals surface area contributed by atoms with Crippen LogP contribution in [0.3, 0.4) is 0 Å². The maximum atomic E-state index is 11.7. The third-order valence-corrected chi connectivity index (χ3v) is 3.07. The van der Waals surface area contributed by atoms with E-state index >= 15 is 0 Å². The van der Waals surface area contributed by atoms with Crippen LogP contribution in [0.15, 0.2) is 47.6 Å². The number of phenolic OH excluding ortho intramolecular Hbond substituents is 1. The molecule has 0 aromatic heterocycles. The number of nitrogens with zero attached hydrogens (tertiary/aromatic N) is 1. The van der Waals surface area contributed by atoms with Gasteiger partial charge >= 0.3 is 0 Å². The Hall–Kier alpha value is -3.22. The number of aromatic hydroxyl groups is 1.